The Kier molecular flexibility index (Phi) is 5.14. The number of rotatable bonds is 6. The first kappa shape index (κ1) is 15.0. The molecule has 1 fully saturated rings. The summed E-state index contributed by atoms with van der Waals surface area (Å²) in [5.41, 5.74) is 5.18. The fourth-order valence-corrected chi connectivity index (χ4v) is 2.58. The molecule has 0 unspecified atom stereocenters. The van der Waals surface area contributed by atoms with Gasteiger partial charge in [0, 0.05) is 6.54 Å². The Morgan fingerprint density at radius 2 is 1.89 bits per heavy atom. The van der Waals surface area contributed by atoms with Crippen LogP contribution in [0, 0.1) is 11.3 Å². The highest BCUT2D eigenvalue weighted by atomic mass is 16.4. The maximum atomic E-state index is 12.2. The average Bonchev–Trinajstić information content (AvgIpc) is 2.77. The summed E-state index contributed by atoms with van der Waals surface area (Å²) in [6.45, 7) is 4.18. The molecule has 18 heavy (non-hydrogen) atoms. The highest BCUT2D eigenvalue weighted by Crippen LogP contribution is 2.37. The van der Waals surface area contributed by atoms with Crippen LogP contribution in [-0.4, -0.2) is 29.6 Å². The van der Waals surface area contributed by atoms with Gasteiger partial charge < -0.3 is 16.2 Å². The van der Waals surface area contributed by atoms with Crippen LogP contribution in [0.4, 0.5) is 0 Å². The van der Waals surface area contributed by atoms with Gasteiger partial charge in [-0.05, 0) is 25.2 Å². The van der Waals surface area contributed by atoms with Gasteiger partial charge in [-0.3, -0.25) is 4.79 Å². The predicted octanol–water partition coefficient (Wildman–Crippen LogP) is 1.12. The summed E-state index contributed by atoms with van der Waals surface area (Å²) in [6.07, 6.45) is 3.97. The maximum Gasteiger partial charge on any atom is 0.326 e. The van der Waals surface area contributed by atoms with Gasteiger partial charge in [-0.25, -0.2) is 4.79 Å². The highest BCUT2D eigenvalue weighted by molar-refractivity contribution is 5.87. The van der Waals surface area contributed by atoms with Gasteiger partial charge in [0.2, 0.25) is 5.91 Å². The minimum absolute atomic E-state index is 0.185. The number of carboxylic acid groups (broad SMARTS) is 1. The Labute approximate surface area is 108 Å². The number of carbonyl (C=O) groups excluding carboxylic acids is 1. The molecule has 4 N–H and O–H groups in total. The van der Waals surface area contributed by atoms with Crippen molar-refractivity contribution < 1.29 is 14.7 Å². The van der Waals surface area contributed by atoms with Crippen LogP contribution in [-0.2, 0) is 9.59 Å². The summed E-state index contributed by atoms with van der Waals surface area (Å²) in [7, 11) is 0. The monoisotopic (exact) mass is 256 g/mol. The largest absolute Gasteiger partial charge is 0.480 e. The van der Waals surface area contributed by atoms with Gasteiger partial charge in [-0.1, -0.05) is 26.7 Å². The van der Waals surface area contributed by atoms with Crippen LogP contribution in [0.2, 0.25) is 0 Å². The SMILES string of the molecule is CC(C)C[C@@H](NC(=O)C1(CN)CCCC1)C(=O)O. The molecule has 104 valence electrons. The predicted molar refractivity (Wildman–Crippen MR) is 69.0 cm³/mol. The zero-order chi connectivity index (χ0) is 13.8. The van der Waals surface area contributed by atoms with E-state index in [-0.39, 0.29) is 11.8 Å². The van der Waals surface area contributed by atoms with Gasteiger partial charge in [-0.2, -0.15) is 0 Å². The van der Waals surface area contributed by atoms with Crippen LogP contribution in [0.15, 0.2) is 0 Å². The van der Waals surface area contributed by atoms with Crippen LogP contribution in [0.5, 0.6) is 0 Å². The number of hydrogen-bond donors (Lipinski definition) is 3. The van der Waals surface area contributed by atoms with Crippen molar-refractivity contribution in [1.82, 2.24) is 5.32 Å². The number of aliphatic carboxylic acids is 1. The van der Waals surface area contributed by atoms with Crippen LogP contribution < -0.4 is 11.1 Å². The van der Waals surface area contributed by atoms with Crippen molar-refractivity contribution in [2.45, 2.75) is 52.0 Å². The van der Waals surface area contributed by atoms with Crippen LogP contribution in [0.1, 0.15) is 46.0 Å². The second-order valence-corrected chi connectivity index (χ2v) is 5.69. The third-order valence-electron chi connectivity index (χ3n) is 3.74. The molecule has 1 amide bonds. The molecule has 0 aromatic heterocycles. The number of amides is 1. The molecular formula is C13H24N2O3. The summed E-state index contributed by atoms with van der Waals surface area (Å²) < 4.78 is 0. The van der Waals surface area contributed by atoms with Crippen LogP contribution in [0.25, 0.3) is 0 Å². The van der Waals surface area contributed by atoms with Gasteiger partial charge in [0.25, 0.3) is 0 Å². The zero-order valence-electron chi connectivity index (χ0n) is 11.2. The molecule has 1 aliphatic rings. The Morgan fingerprint density at radius 3 is 2.28 bits per heavy atom. The van der Waals surface area contributed by atoms with E-state index in [0.29, 0.717) is 13.0 Å². The fourth-order valence-electron chi connectivity index (χ4n) is 2.58. The maximum absolute atomic E-state index is 12.2. The molecule has 0 spiro atoms. The van der Waals surface area contributed by atoms with Crippen LogP contribution >= 0.6 is 0 Å². The first-order chi connectivity index (χ1) is 8.41. The molecular weight excluding hydrogens is 232 g/mol. The topological polar surface area (TPSA) is 92.4 Å². The van der Waals surface area contributed by atoms with E-state index in [2.05, 4.69) is 5.32 Å². The lowest BCUT2D eigenvalue weighted by Crippen LogP contribution is -2.50. The molecule has 0 heterocycles. The quantitative estimate of drug-likeness (QED) is 0.664. The summed E-state index contributed by atoms with van der Waals surface area (Å²) in [5.74, 6) is -0.929. The second kappa shape index (κ2) is 6.18. The fraction of sp³-hybridized carbons (Fsp3) is 0.846. The Hall–Kier alpha value is -1.10. The van der Waals surface area contributed by atoms with Crippen molar-refractivity contribution in [2.75, 3.05) is 6.54 Å². The minimum atomic E-state index is -0.970. The van der Waals surface area contributed by atoms with E-state index >= 15 is 0 Å². The number of carboxylic acids is 1. The summed E-state index contributed by atoms with van der Waals surface area (Å²) in [4.78, 5) is 23.4. The number of nitrogens with two attached hydrogens (primary N) is 1. The van der Waals surface area contributed by atoms with E-state index in [0.717, 1.165) is 25.7 Å². The van der Waals surface area contributed by atoms with E-state index < -0.39 is 17.4 Å². The number of carbonyl (C=O) groups is 2. The average molecular weight is 256 g/mol. The number of nitrogens with one attached hydrogen (secondary N) is 1. The minimum Gasteiger partial charge on any atom is -0.480 e. The lowest BCUT2D eigenvalue weighted by molar-refractivity contribution is -0.144. The lowest BCUT2D eigenvalue weighted by Gasteiger charge is -2.28. The summed E-state index contributed by atoms with van der Waals surface area (Å²) >= 11 is 0. The van der Waals surface area contributed by atoms with Crippen LogP contribution in [0.3, 0.4) is 0 Å². The summed E-state index contributed by atoms with van der Waals surface area (Å²) in [6, 6.07) is -0.804. The first-order valence-corrected chi connectivity index (χ1v) is 6.65. The van der Waals surface area contributed by atoms with Gasteiger partial charge in [-0.15, -0.1) is 0 Å². The number of hydrogen-bond acceptors (Lipinski definition) is 3. The molecule has 1 rings (SSSR count). The molecule has 5 nitrogen and oxygen atoms in total. The molecule has 5 heteroatoms. The Balaban J connectivity index is 2.68. The van der Waals surface area contributed by atoms with Crippen molar-refractivity contribution in [1.29, 1.82) is 0 Å². The summed E-state index contributed by atoms with van der Waals surface area (Å²) in [5, 5.41) is 11.8. The van der Waals surface area contributed by atoms with Crippen molar-refractivity contribution in [2.24, 2.45) is 17.1 Å². The molecule has 1 aliphatic carbocycles. The molecule has 0 saturated heterocycles. The third kappa shape index (κ3) is 3.45. The third-order valence-corrected chi connectivity index (χ3v) is 3.74. The zero-order valence-corrected chi connectivity index (χ0v) is 11.2. The van der Waals surface area contributed by atoms with E-state index in [9.17, 15) is 9.59 Å². The smallest absolute Gasteiger partial charge is 0.326 e. The molecule has 0 aromatic rings. The van der Waals surface area contributed by atoms with Crippen molar-refractivity contribution in [3.8, 4) is 0 Å². The van der Waals surface area contributed by atoms with Crippen molar-refractivity contribution >= 4 is 11.9 Å². The second-order valence-electron chi connectivity index (χ2n) is 5.69. The molecule has 0 aliphatic heterocycles. The van der Waals surface area contributed by atoms with Gasteiger partial charge in [0.05, 0.1) is 5.41 Å². The van der Waals surface area contributed by atoms with E-state index in [4.69, 9.17) is 10.8 Å². The lowest BCUT2D eigenvalue weighted by atomic mass is 9.85. The first-order valence-electron chi connectivity index (χ1n) is 6.65. The van der Waals surface area contributed by atoms with E-state index in [1.807, 2.05) is 13.8 Å². The molecule has 1 saturated carbocycles. The molecule has 0 bridgehead atoms. The van der Waals surface area contributed by atoms with Gasteiger partial charge >= 0.3 is 5.97 Å². The standard InChI is InChI=1S/C13H24N2O3/c1-9(2)7-10(11(16)17)15-12(18)13(8-14)5-3-4-6-13/h9-10H,3-8,14H2,1-2H3,(H,15,18)(H,16,17)/t10-/m1/s1. The highest BCUT2D eigenvalue weighted by Gasteiger charge is 2.41. The molecule has 0 aromatic carbocycles. The Morgan fingerprint density at radius 1 is 1.33 bits per heavy atom. The van der Waals surface area contributed by atoms with Gasteiger partial charge in [0.1, 0.15) is 6.04 Å². The Bertz CT molecular complexity index is 309. The van der Waals surface area contributed by atoms with E-state index in [1.165, 1.54) is 0 Å². The van der Waals surface area contributed by atoms with Gasteiger partial charge in [0.15, 0.2) is 0 Å². The molecule has 1 atom stereocenters. The van der Waals surface area contributed by atoms with Crippen molar-refractivity contribution in [3.05, 3.63) is 0 Å². The van der Waals surface area contributed by atoms with Crippen molar-refractivity contribution in [3.63, 3.8) is 0 Å². The van der Waals surface area contributed by atoms with E-state index in [1.54, 1.807) is 0 Å². The molecule has 0 radical (unpaired) electrons. The normalized spacial score (nSPS) is 19.8.